The minimum absolute atomic E-state index is 0.0656. The molecule has 5 aliphatic rings. The largest absolute Gasteiger partial charge is 0.508 e. The number of rotatable bonds is 6. The summed E-state index contributed by atoms with van der Waals surface area (Å²) in [7, 11) is 0. The molecule has 0 aliphatic carbocycles. The smallest absolute Gasteiger partial charge is 0.319 e. The fraction of sp³-hybridized carbons (Fsp3) is 0.531. The number of phenols is 1. The van der Waals surface area contributed by atoms with Gasteiger partial charge in [-0.3, -0.25) is 9.69 Å². The fourth-order valence-corrected chi connectivity index (χ4v) is 8.42. The maximum absolute atomic E-state index is 15.2. The molecule has 8 rings (SSSR count). The molecule has 4 fully saturated rings. The molecule has 0 saturated carbocycles. The monoisotopic (exact) mass is 606 g/mol. The molecule has 4 saturated heterocycles. The summed E-state index contributed by atoms with van der Waals surface area (Å²) in [6.45, 7) is 3.09. The number of carbonyl (C=O) groups is 1. The number of hydrogen-bond acceptors (Lipinski definition) is 9. The average molecular weight is 607 g/mol. The summed E-state index contributed by atoms with van der Waals surface area (Å²) in [5.74, 6) is -2.04. The Kier molecular flexibility index (Phi) is 6.65. The second kappa shape index (κ2) is 10.5. The summed E-state index contributed by atoms with van der Waals surface area (Å²) in [5, 5.41) is 24.2. The van der Waals surface area contributed by atoms with E-state index in [2.05, 4.69) is 20.1 Å². The number of nitrogens with zero attached hydrogens (tertiary/aromatic N) is 5. The Morgan fingerprint density at radius 1 is 1.07 bits per heavy atom. The summed E-state index contributed by atoms with van der Waals surface area (Å²) in [6.07, 6.45) is 6.38. The van der Waals surface area contributed by atoms with Crippen molar-refractivity contribution >= 4 is 28.2 Å². The van der Waals surface area contributed by atoms with Crippen LogP contribution in [0.3, 0.4) is 0 Å². The molecule has 0 unspecified atom stereocenters. The number of phenolic OH excluding ortho intramolecular Hbond substituents is 1. The van der Waals surface area contributed by atoms with E-state index in [1.165, 1.54) is 23.1 Å². The third-order valence-corrected chi connectivity index (χ3v) is 10.5. The topological polar surface area (TPSA) is 114 Å². The first-order chi connectivity index (χ1) is 21.3. The van der Waals surface area contributed by atoms with Gasteiger partial charge in [-0.2, -0.15) is 9.97 Å². The van der Waals surface area contributed by atoms with Crippen molar-refractivity contribution in [3.63, 3.8) is 0 Å². The van der Waals surface area contributed by atoms with Gasteiger partial charge in [0.15, 0.2) is 11.6 Å². The second-order valence-electron chi connectivity index (χ2n) is 13.0. The van der Waals surface area contributed by atoms with E-state index in [9.17, 15) is 19.4 Å². The van der Waals surface area contributed by atoms with Crippen LogP contribution in [-0.4, -0.2) is 94.0 Å². The number of hydrogen-bond donors (Lipinski definition) is 3. The van der Waals surface area contributed by atoms with Crippen LogP contribution in [-0.2, 0) is 6.42 Å². The lowest BCUT2D eigenvalue weighted by Crippen LogP contribution is -2.52. The zero-order valence-electron chi connectivity index (χ0n) is 24.4. The van der Waals surface area contributed by atoms with Gasteiger partial charge in [0, 0.05) is 54.8 Å². The van der Waals surface area contributed by atoms with Crippen LogP contribution in [0, 0.1) is 11.6 Å². The quantitative estimate of drug-likeness (QED) is 0.390. The van der Waals surface area contributed by atoms with Crippen LogP contribution < -0.4 is 19.9 Å². The lowest BCUT2D eigenvalue weighted by atomic mass is 9.95. The molecule has 5 aliphatic heterocycles. The number of aliphatic hydroxyl groups excluding tert-OH is 1. The van der Waals surface area contributed by atoms with E-state index in [1.54, 1.807) is 0 Å². The maximum Gasteiger partial charge on any atom is 0.319 e. The highest BCUT2D eigenvalue weighted by Crippen LogP contribution is 2.43. The third kappa shape index (κ3) is 4.40. The van der Waals surface area contributed by atoms with Gasteiger partial charge in [-0.15, -0.1) is 0 Å². The number of aromatic nitrogens is 2. The highest BCUT2D eigenvalue weighted by molar-refractivity contribution is 6.12. The minimum atomic E-state index is -1.07. The van der Waals surface area contributed by atoms with Crippen LogP contribution >= 0.6 is 0 Å². The zero-order chi connectivity index (χ0) is 30.2. The predicted molar refractivity (Wildman–Crippen MR) is 159 cm³/mol. The molecule has 12 heteroatoms. The van der Waals surface area contributed by atoms with Crippen molar-refractivity contribution in [2.75, 3.05) is 49.2 Å². The van der Waals surface area contributed by atoms with Crippen molar-refractivity contribution in [1.82, 2.24) is 20.2 Å². The van der Waals surface area contributed by atoms with Crippen LogP contribution in [0.15, 0.2) is 24.3 Å². The summed E-state index contributed by atoms with van der Waals surface area (Å²) in [4.78, 5) is 29.8. The van der Waals surface area contributed by atoms with E-state index in [0.29, 0.717) is 36.3 Å². The number of aliphatic hydroxyl groups is 1. The highest BCUT2D eigenvalue weighted by atomic mass is 19.2. The van der Waals surface area contributed by atoms with Crippen molar-refractivity contribution < 1.29 is 28.5 Å². The Hall–Kier alpha value is -3.61. The zero-order valence-corrected chi connectivity index (χ0v) is 24.4. The molecule has 44 heavy (non-hydrogen) atoms. The van der Waals surface area contributed by atoms with E-state index < -0.39 is 17.5 Å². The van der Waals surface area contributed by atoms with Gasteiger partial charge in [-0.1, -0.05) is 6.07 Å². The van der Waals surface area contributed by atoms with Gasteiger partial charge in [0.2, 0.25) is 0 Å². The number of benzene rings is 2. The summed E-state index contributed by atoms with van der Waals surface area (Å²) in [6, 6.07) is 5.97. The number of ether oxygens (including phenoxy) is 1. The van der Waals surface area contributed by atoms with Crippen molar-refractivity contribution in [2.24, 2.45) is 0 Å². The second-order valence-corrected chi connectivity index (χ2v) is 13.0. The molecule has 2 aromatic carbocycles. The van der Waals surface area contributed by atoms with E-state index in [4.69, 9.17) is 9.72 Å². The van der Waals surface area contributed by atoms with Crippen LogP contribution in [0.1, 0.15) is 54.6 Å². The molecule has 4 atom stereocenters. The molecule has 1 amide bonds. The molecule has 3 aromatic rings. The van der Waals surface area contributed by atoms with E-state index >= 15 is 4.39 Å². The summed E-state index contributed by atoms with van der Waals surface area (Å²) >= 11 is 0. The molecule has 0 spiro atoms. The van der Waals surface area contributed by atoms with Gasteiger partial charge < -0.3 is 30.1 Å². The first-order valence-electron chi connectivity index (χ1n) is 15.7. The lowest BCUT2D eigenvalue weighted by Gasteiger charge is -2.37. The predicted octanol–water partition coefficient (Wildman–Crippen LogP) is 3.13. The Morgan fingerprint density at radius 3 is 2.68 bits per heavy atom. The average Bonchev–Trinajstić information content (AvgIpc) is 3.70. The standard InChI is InChI=1S/C32H36F2N6O4/c33-24-5-2-18-12-22(42)13-25(26(18)27(24)34)39-11-7-23-28(30(39)43)36-31(37-29(23)38-14-19-3-4-20(15-38)35-19)44-17-32-8-1-10-40(32)21(16-41)6-9-32/h2,5,12-13,19-21,35,41-42H,1,3-4,6-11,14-17H2/t19-,20+,21-,32-/m1/s1. The molecule has 1 aromatic heterocycles. The fourth-order valence-electron chi connectivity index (χ4n) is 8.42. The SMILES string of the molecule is O=C1c2nc(OC[C@]34CCCN3[C@@H](CO)CC4)nc(N3C[C@H]4CC[C@@H](C3)N4)c2CCN1c1cc(O)cc2ccc(F)c(F)c12. The van der Waals surface area contributed by atoms with Gasteiger partial charge in [0.1, 0.15) is 23.9 Å². The molecule has 3 N–H and O–H groups in total. The Balaban J connectivity index is 1.18. The van der Waals surface area contributed by atoms with Crippen molar-refractivity contribution in [3.05, 3.63) is 47.2 Å². The number of aromatic hydroxyl groups is 1. The Morgan fingerprint density at radius 2 is 1.89 bits per heavy atom. The van der Waals surface area contributed by atoms with Gasteiger partial charge >= 0.3 is 6.01 Å². The summed E-state index contributed by atoms with van der Waals surface area (Å²) in [5.41, 5.74) is 0.796. The number of halogens is 2. The van der Waals surface area contributed by atoms with Crippen LogP contribution in [0.2, 0.25) is 0 Å². The number of carbonyl (C=O) groups excluding carboxylic acids is 1. The molecule has 0 radical (unpaired) electrons. The van der Waals surface area contributed by atoms with Crippen molar-refractivity contribution in [3.8, 4) is 11.8 Å². The number of amides is 1. The molecular formula is C32H36F2N6O4. The number of fused-ring (bicyclic) bond motifs is 5. The van der Waals surface area contributed by atoms with Crippen LogP contribution in [0.4, 0.5) is 20.3 Å². The molecule has 10 nitrogen and oxygen atoms in total. The van der Waals surface area contributed by atoms with Gasteiger partial charge in [0.25, 0.3) is 5.91 Å². The summed E-state index contributed by atoms with van der Waals surface area (Å²) < 4.78 is 35.9. The number of nitrogens with one attached hydrogen (secondary N) is 1. The van der Waals surface area contributed by atoms with Gasteiger partial charge in [-0.05, 0) is 69.0 Å². The van der Waals surface area contributed by atoms with E-state index in [-0.39, 0.29) is 53.3 Å². The van der Waals surface area contributed by atoms with Gasteiger partial charge in [0.05, 0.1) is 17.8 Å². The maximum atomic E-state index is 15.2. The molecule has 6 heterocycles. The first kappa shape index (κ1) is 27.9. The van der Waals surface area contributed by atoms with E-state index in [1.807, 2.05) is 0 Å². The molecular weight excluding hydrogens is 570 g/mol. The highest BCUT2D eigenvalue weighted by Gasteiger charge is 2.49. The Labute approximate surface area is 253 Å². The van der Waals surface area contributed by atoms with Crippen molar-refractivity contribution in [2.45, 2.75) is 68.6 Å². The lowest BCUT2D eigenvalue weighted by molar-refractivity contribution is 0.0641. The van der Waals surface area contributed by atoms with Gasteiger partial charge in [-0.25, -0.2) is 8.78 Å². The van der Waals surface area contributed by atoms with Crippen LogP contribution in [0.5, 0.6) is 11.8 Å². The third-order valence-electron chi connectivity index (χ3n) is 10.5. The Bertz CT molecular complexity index is 1640. The number of anilines is 2. The number of piperazine rings is 1. The molecule has 2 bridgehead atoms. The first-order valence-corrected chi connectivity index (χ1v) is 15.7. The normalized spacial score (nSPS) is 28.2. The molecule has 232 valence electrons. The van der Waals surface area contributed by atoms with Crippen molar-refractivity contribution in [1.29, 1.82) is 0 Å². The van der Waals surface area contributed by atoms with Crippen LogP contribution in [0.25, 0.3) is 10.8 Å². The minimum Gasteiger partial charge on any atom is -0.508 e. The van der Waals surface area contributed by atoms with E-state index in [0.717, 1.165) is 69.8 Å².